The zero-order valence-corrected chi connectivity index (χ0v) is 22.0. The number of nitrogens with two attached hydrogens (primary N) is 1. The van der Waals surface area contributed by atoms with Crippen molar-refractivity contribution in [1.29, 1.82) is 0 Å². The van der Waals surface area contributed by atoms with Crippen molar-refractivity contribution in [3.63, 3.8) is 0 Å². The molecule has 3 N–H and O–H groups in total. The fraction of sp³-hybridized carbons (Fsp3) is 0.375. The Labute approximate surface area is 229 Å². The lowest BCUT2D eigenvalue weighted by atomic mass is 10.2. The first kappa shape index (κ1) is 34.6. The average Bonchev–Trinajstić information content (AvgIpc) is 3.18. The Hall–Kier alpha value is -4.41. The number of ether oxygens (including phenoxy) is 1. The van der Waals surface area contributed by atoms with E-state index in [9.17, 15) is 31.1 Å². The van der Waals surface area contributed by atoms with Gasteiger partial charge in [0.2, 0.25) is 0 Å². The van der Waals surface area contributed by atoms with Crippen LogP contribution in [-0.2, 0) is 34.0 Å². The van der Waals surface area contributed by atoms with Gasteiger partial charge >= 0.3 is 18.3 Å². The van der Waals surface area contributed by atoms with Crippen molar-refractivity contribution in [2.45, 2.75) is 38.9 Å². The zero-order valence-electron chi connectivity index (χ0n) is 22.0. The molecule has 2 heterocycles. The Morgan fingerprint density at radius 1 is 1.12 bits per heavy atom. The molecule has 0 aliphatic carbocycles. The minimum atomic E-state index is -5.19. The molecule has 226 valence electrons. The van der Waals surface area contributed by atoms with Crippen molar-refractivity contribution in [2.24, 2.45) is 5.73 Å². The number of fused-ring (bicyclic) bond motifs is 1. The molecule has 3 rings (SSSR count). The molecule has 3 aromatic rings. The van der Waals surface area contributed by atoms with Crippen molar-refractivity contribution < 1.29 is 60.2 Å². The third-order valence-corrected chi connectivity index (χ3v) is 5.05. The summed E-state index contributed by atoms with van der Waals surface area (Å²) in [6.07, 6.45) is -6.64. The number of aromatic nitrogens is 3. The number of pyridine rings is 1. The molecule has 0 saturated heterocycles. The third kappa shape index (κ3) is 10.6. The summed E-state index contributed by atoms with van der Waals surface area (Å²) < 4.78 is 73.4. The molecular formula is C24H27F6N5O6. The van der Waals surface area contributed by atoms with Crippen LogP contribution in [-0.4, -0.2) is 70.5 Å². The largest absolute Gasteiger partial charge is 0.542 e. The molecule has 0 aliphatic rings. The van der Waals surface area contributed by atoms with Gasteiger partial charge in [-0.2, -0.15) is 26.3 Å². The van der Waals surface area contributed by atoms with E-state index in [1.165, 1.54) is 4.90 Å². The molecular weight excluding hydrogens is 568 g/mol. The summed E-state index contributed by atoms with van der Waals surface area (Å²) in [5.41, 5.74) is 9.31. The highest BCUT2D eigenvalue weighted by atomic mass is 19.4. The zero-order chi connectivity index (χ0) is 31.5. The van der Waals surface area contributed by atoms with Crippen molar-refractivity contribution in [3.8, 4) is 5.75 Å². The number of amides is 1. The second-order valence-corrected chi connectivity index (χ2v) is 8.13. The lowest BCUT2D eigenvalue weighted by Crippen LogP contribution is -2.39. The Balaban J connectivity index is 0.000000497. The van der Waals surface area contributed by atoms with Gasteiger partial charge in [0.1, 0.15) is 18.3 Å². The minimum absolute atomic E-state index is 0.0186. The lowest BCUT2D eigenvalue weighted by molar-refractivity contribution is -0.671. The van der Waals surface area contributed by atoms with Gasteiger partial charge in [-0.1, -0.05) is 6.07 Å². The quantitative estimate of drug-likeness (QED) is 0.306. The number of carboxylic acids is 2. The van der Waals surface area contributed by atoms with Crippen LogP contribution in [0, 0.1) is 0 Å². The molecule has 17 heteroatoms. The van der Waals surface area contributed by atoms with E-state index in [1.54, 1.807) is 20.3 Å². The van der Waals surface area contributed by atoms with E-state index < -0.39 is 24.3 Å². The summed E-state index contributed by atoms with van der Waals surface area (Å²) in [7, 11) is 3.43. The van der Waals surface area contributed by atoms with Crippen LogP contribution in [0.1, 0.15) is 18.3 Å². The number of carbonyl (C=O) groups is 3. The van der Waals surface area contributed by atoms with Crippen LogP contribution < -0.4 is 20.1 Å². The number of nitrogens with zero attached hydrogens (tertiary/aromatic N) is 4. The summed E-state index contributed by atoms with van der Waals surface area (Å²) in [5, 5.41) is 15.9. The maximum Gasteiger partial charge on any atom is 0.490 e. The molecule has 0 radical (unpaired) electrons. The first-order valence-electron chi connectivity index (χ1n) is 11.5. The van der Waals surface area contributed by atoms with Crippen LogP contribution in [0.25, 0.3) is 11.0 Å². The maximum atomic E-state index is 11.8. The molecule has 0 unspecified atom stereocenters. The number of hydrogen-bond acceptors (Lipinski definition) is 7. The van der Waals surface area contributed by atoms with E-state index in [0.29, 0.717) is 18.8 Å². The topological polar surface area (TPSA) is 155 Å². The van der Waals surface area contributed by atoms with Crippen molar-refractivity contribution >= 4 is 28.9 Å². The number of hydrogen-bond donors (Lipinski definition) is 2. The highest BCUT2D eigenvalue weighted by Crippen LogP contribution is 2.22. The number of carbonyl (C=O) groups excluding carboxylic acids is 2. The molecule has 41 heavy (non-hydrogen) atoms. The van der Waals surface area contributed by atoms with Gasteiger partial charge in [-0.15, -0.1) is 0 Å². The summed E-state index contributed by atoms with van der Waals surface area (Å²) in [6, 6.07) is 9.88. The number of likely N-dealkylation sites (N-methyl/N-ethyl adjacent to an activating group) is 1. The molecule has 0 fully saturated rings. The first-order valence-corrected chi connectivity index (χ1v) is 11.5. The number of rotatable bonds is 7. The highest BCUT2D eigenvalue weighted by Gasteiger charge is 2.38. The summed E-state index contributed by atoms with van der Waals surface area (Å²) in [6.45, 7) is 4.03. The van der Waals surface area contributed by atoms with Crippen molar-refractivity contribution in [1.82, 2.24) is 14.5 Å². The number of benzene rings is 1. The maximum absolute atomic E-state index is 11.8. The van der Waals surface area contributed by atoms with E-state index in [1.807, 2.05) is 30.5 Å². The SMILES string of the molecule is CCn1c(CN)[n+](Cc2cccnc2)c2ccc(OCC(=O)N(C)C)cc21.O=C(O)C(F)(F)F.O=C([O-])C(F)(F)F. The molecule has 1 aromatic carbocycles. The van der Waals surface area contributed by atoms with E-state index >= 15 is 0 Å². The standard InChI is InChI=1S/C20H26N5O2.2C2HF3O2/c1-4-24-18-10-16(27-14-20(26)23(2)3)7-8-17(18)25(19(24)11-21)13-15-6-5-9-22-12-15;2*3-2(4,5)1(6)7/h5-10,12H,4,11,13-14,21H2,1-3H3;2*(H,6,7)/q+1;;/p-1. The van der Waals surface area contributed by atoms with Crippen LogP contribution in [0.4, 0.5) is 26.3 Å². The number of aliphatic carboxylic acids is 2. The molecule has 1 amide bonds. The smallest absolute Gasteiger partial charge is 0.490 e. The van der Waals surface area contributed by atoms with E-state index in [4.69, 9.17) is 30.3 Å². The molecule has 0 bridgehead atoms. The highest BCUT2D eigenvalue weighted by molar-refractivity contribution is 5.78. The van der Waals surface area contributed by atoms with Gasteiger partial charge in [0.15, 0.2) is 17.6 Å². The first-order chi connectivity index (χ1) is 18.9. The number of alkyl halides is 6. The van der Waals surface area contributed by atoms with Gasteiger partial charge in [0.25, 0.3) is 11.7 Å². The summed E-state index contributed by atoms with van der Waals surface area (Å²) in [4.78, 5) is 35.2. The fourth-order valence-electron chi connectivity index (χ4n) is 3.16. The van der Waals surface area contributed by atoms with Crippen LogP contribution in [0.15, 0.2) is 42.7 Å². The monoisotopic (exact) mass is 595 g/mol. The third-order valence-electron chi connectivity index (χ3n) is 5.05. The molecule has 11 nitrogen and oxygen atoms in total. The number of imidazole rings is 1. The Morgan fingerprint density at radius 3 is 2.12 bits per heavy atom. The van der Waals surface area contributed by atoms with E-state index in [2.05, 4.69) is 27.1 Å². The molecule has 0 saturated carbocycles. The second kappa shape index (κ2) is 14.8. The van der Waals surface area contributed by atoms with Gasteiger partial charge in [-0.25, -0.2) is 13.9 Å². The van der Waals surface area contributed by atoms with Gasteiger partial charge < -0.3 is 30.4 Å². The molecule has 0 spiro atoms. The van der Waals surface area contributed by atoms with Gasteiger partial charge in [0.05, 0.1) is 13.1 Å². The second-order valence-electron chi connectivity index (χ2n) is 8.13. The lowest BCUT2D eigenvalue weighted by Gasteiger charge is -2.11. The summed E-state index contributed by atoms with van der Waals surface area (Å²) in [5.74, 6) is -4.13. The average molecular weight is 595 g/mol. The van der Waals surface area contributed by atoms with Crippen LogP contribution >= 0.6 is 0 Å². The van der Waals surface area contributed by atoms with E-state index in [0.717, 1.165) is 29.0 Å². The predicted octanol–water partition coefficient (Wildman–Crippen LogP) is 1.25. The van der Waals surface area contributed by atoms with Crippen molar-refractivity contribution in [2.75, 3.05) is 20.7 Å². The molecule has 2 aromatic heterocycles. The minimum Gasteiger partial charge on any atom is -0.542 e. The van der Waals surface area contributed by atoms with Gasteiger partial charge in [-0.05, 0) is 25.1 Å². The molecule has 0 atom stereocenters. The number of aryl methyl sites for hydroxylation is 1. The number of halogens is 6. The fourth-order valence-corrected chi connectivity index (χ4v) is 3.16. The van der Waals surface area contributed by atoms with Crippen LogP contribution in [0.3, 0.4) is 0 Å². The van der Waals surface area contributed by atoms with Gasteiger partial charge in [-0.3, -0.25) is 9.78 Å². The number of carboxylic acid groups (broad SMARTS) is 2. The van der Waals surface area contributed by atoms with Crippen LogP contribution in [0.2, 0.25) is 0 Å². The summed E-state index contributed by atoms with van der Waals surface area (Å²) >= 11 is 0. The normalized spacial score (nSPS) is 11.1. The molecule has 0 aliphatic heterocycles. The predicted molar refractivity (Wildman–Crippen MR) is 128 cm³/mol. The van der Waals surface area contributed by atoms with Crippen LogP contribution in [0.5, 0.6) is 5.75 Å². The van der Waals surface area contributed by atoms with Crippen molar-refractivity contribution in [3.05, 3.63) is 54.1 Å². The van der Waals surface area contributed by atoms with E-state index in [-0.39, 0.29) is 12.5 Å². The van der Waals surface area contributed by atoms with Gasteiger partial charge in [0, 0.05) is 38.1 Å². The Bertz CT molecular complexity index is 1300. The Kier molecular flexibility index (Phi) is 12.5. The Morgan fingerprint density at radius 2 is 1.71 bits per heavy atom.